The van der Waals surface area contributed by atoms with Crippen molar-refractivity contribution < 1.29 is 9.53 Å². The highest BCUT2D eigenvalue weighted by molar-refractivity contribution is 5.78. The summed E-state index contributed by atoms with van der Waals surface area (Å²) in [7, 11) is 4.11. The molecule has 1 saturated carbocycles. The summed E-state index contributed by atoms with van der Waals surface area (Å²) in [6.07, 6.45) is 5.84. The quantitative estimate of drug-likeness (QED) is 0.493. The molecule has 0 saturated heterocycles. The predicted molar refractivity (Wildman–Crippen MR) is 118 cm³/mol. The molecule has 1 aliphatic rings. The molecule has 7 heteroatoms. The van der Waals surface area contributed by atoms with E-state index in [1.807, 2.05) is 43.6 Å². The van der Waals surface area contributed by atoms with Crippen molar-refractivity contribution in [3.05, 3.63) is 47.8 Å². The molecule has 1 aromatic carbocycles. The predicted octanol–water partition coefficient (Wildman–Crippen LogP) is 2.53. The number of ether oxygens (including phenoxy) is 1. The number of nitrogens with zero attached hydrogens (tertiary/aromatic N) is 2. The number of H-pyrrole nitrogens is 1. The lowest BCUT2D eigenvalue weighted by Crippen LogP contribution is -2.35. The van der Waals surface area contributed by atoms with Crippen molar-refractivity contribution >= 4 is 5.91 Å². The van der Waals surface area contributed by atoms with Gasteiger partial charge in [-0.15, -0.1) is 0 Å². The molecule has 30 heavy (non-hydrogen) atoms. The van der Waals surface area contributed by atoms with Crippen LogP contribution < -0.4 is 15.4 Å². The minimum atomic E-state index is 0.0997. The van der Waals surface area contributed by atoms with Gasteiger partial charge >= 0.3 is 0 Å². The van der Waals surface area contributed by atoms with E-state index in [1.165, 1.54) is 11.3 Å². The second-order valence-electron chi connectivity index (χ2n) is 8.15. The molecule has 0 radical (unpaired) electrons. The average molecular weight is 414 g/mol. The van der Waals surface area contributed by atoms with Crippen molar-refractivity contribution in [3.8, 4) is 5.75 Å². The molecular formula is C23H35N5O2. The van der Waals surface area contributed by atoms with Crippen LogP contribution in [0.2, 0.25) is 0 Å². The highest BCUT2D eigenvalue weighted by Gasteiger charge is 2.29. The summed E-state index contributed by atoms with van der Waals surface area (Å²) in [6.45, 7) is 3.90. The third-order valence-corrected chi connectivity index (χ3v) is 5.85. The summed E-state index contributed by atoms with van der Waals surface area (Å²) in [5.74, 6) is 1.55. The van der Waals surface area contributed by atoms with Gasteiger partial charge in [0, 0.05) is 42.7 Å². The maximum Gasteiger partial charge on any atom is 0.223 e. The van der Waals surface area contributed by atoms with Crippen LogP contribution in [0.4, 0.5) is 0 Å². The number of benzene rings is 1. The summed E-state index contributed by atoms with van der Waals surface area (Å²) in [4.78, 5) is 14.8. The summed E-state index contributed by atoms with van der Waals surface area (Å²) in [6, 6.07) is 9.69. The first-order chi connectivity index (χ1) is 14.7. The molecular weight excluding hydrogens is 378 g/mol. The van der Waals surface area contributed by atoms with Gasteiger partial charge in [0.2, 0.25) is 5.91 Å². The first-order valence-electron chi connectivity index (χ1n) is 11.0. The first kappa shape index (κ1) is 22.3. The normalized spacial score (nSPS) is 19.0. The highest BCUT2D eigenvalue weighted by atomic mass is 16.5. The summed E-state index contributed by atoms with van der Waals surface area (Å²) in [5, 5.41) is 13.7. The Hall–Kier alpha value is -2.38. The zero-order valence-electron chi connectivity index (χ0n) is 18.2. The van der Waals surface area contributed by atoms with Crippen molar-refractivity contribution in [2.24, 2.45) is 5.92 Å². The number of carbonyl (C=O) groups excluding carboxylic acids is 1. The Bertz CT molecular complexity index is 756. The largest absolute Gasteiger partial charge is 0.492 e. The van der Waals surface area contributed by atoms with Crippen molar-refractivity contribution in [2.45, 2.75) is 38.1 Å². The lowest BCUT2D eigenvalue weighted by Gasteiger charge is -2.28. The molecule has 0 spiro atoms. The number of hydrogen-bond donors (Lipinski definition) is 3. The fourth-order valence-electron chi connectivity index (χ4n) is 4.12. The number of amides is 1. The maximum atomic E-state index is 12.5. The van der Waals surface area contributed by atoms with Crippen molar-refractivity contribution in [1.29, 1.82) is 0 Å². The van der Waals surface area contributed by atoms with Crippen molar-refractivity contribution in [3.63, 3.8) is 0 Å². The zero-order chi connectivity index (χ0) is 21.2. The van der Waals surface area contributed by atoms with Crippen LogP contribution in [0.15, 0.2) is 36.5 Å². The smallest absolute Gasteiger partial charge is 0.223 e. The number of nitrogens with one attached hydrogen (secondary N) is 3. The molecule has 7 nitrogen and oxygen atoms in total. The van der Waals surface area contributed by atoms with Gasteiger partial charge in [0.25, 0.3) is 0 Å². The van der Waals surface area contributed by atoms with Gasteiger partial charge in [0.15, 0.2) is 0 Å². The monoisotopic (exact) mass is 413 g/mol. The second kappa shape index (κ2) is 11.7. The van der Waals surface area contributed by atoms with Crippen molar-refractivity contribution in [1.82, 2.24) is 25.7 Å². The topological polar surface area (TPSA) is 82.3 Å². The van der Waals surface area contributed by atoms with Crippen LogP contribution >= 0.6 is 0 Å². The minimum absolute atomic E-state index is 0.0997. The van der Waals surface area contributed by atoms with Crippen LogP contribution in [0, 0.1) is 5.92 Å². The zero-order valence-corrected chi connectivity index (χ0v) is 18.2. The van der Waals surface area contributed by atoms with E-state index in [9.17, 15) is 4.79 Å². The van der Waals surface area contributed by atoms with Crippen molar-refractivity contribution in [2.75, 3.05) is 40.3 Å². The number of hydrogen-bond acceptors (Lipinski definition) is 5. The molecule has 1 amide bonds. The van der Waals surface area contributed by atoms with Crippen LogP contribution in [-0.2, 0) is 11.3 Å². The molecule has 164 valence electrons. The van der Waals surface area contributed by atoms with Gasteiger partial charge in [0.05, 0.1) is 12.7 Å². The Morgan fingerprint density at radius 2 is 1.97 bits per heavy atom. The van der Waals surface area contributed by atoms with E-state index < -0.39 is 0 Å². The Balaban J connectivity index is 1.39. The number of carbonyl (C=O) groups is 1. The summed E-state index contributed by atoms with van der Waals surface area (Å²) < 4.78 is 5.65. The molecule has 0 unspecified atom stereocenters. The number of rotatable bonds is 11. The molecule has 0 atom stereocenters. The number of likely N-dealkylation sites (N-methyl/N-ethyl adjacent to an activating group) is 2. The Labute approximate surface area is 179 Å². The first-order valence-corrected chi connectivity index (χ1v) is 11.0. The van der Waals surface area contributed by atoms with Gasteiger partial charge in [-0.25, -0.2) is 0 Å². The van der Waals surface area contributed by atoms with Crippen LogP contribution in [0.25, 0.3) is 0 Å². The molecule has 1 fully saturated rings. The fourth-order valence-corrected chi connectivity index (χ4v) is 4.12. The van der Waals surface area contributed by atoms with Crippen LogP contribution in [0.3, 0.4) is 0 Å². The Kier molecular flexibility index (Phi) is 8.71. The molecule has 3 N–H and O–H groups in total. The van der Waals surface area contributed by atoms with Crippen LogP contribution in [0.5, 0.6) is 5.75 Å². The van der Waals surface area contributed by atoms with Crippen LogP contribution in [-0.4, -0.2) is 61.3 Å². The second-order valence-corrected chi connectivity index (χ2v) is 8.15. The van der Waals surface area contributed by atoms with Gasteiger partial charge in [-0.1, -0.05) is 18.2 Å². The molecule has 1 heterocycles. The number of aromatic nitrogens is 2. The van der Waals surface area contributed by atoms with Gasteiger partial charge < -0.3 is 20.3 Å². The van der Waals surface area contributed by atoms with E-state index >= 15 is 0 Å². The van der Waals surface area contributed by atoms with E-state index in [-0.39, 0.29) is 11.8 Å². The standard InChI is InChI=1S/C23H35N5O2/c1-24-12-14-28(2)17-20-16-26-27-22(20)18-8-10-19(11-9-18)23(29)25-13-15-30-21-6-4-3-5-7-21/h3-7,16,18-19,24H,8-15,17H2,1-2H3,(H,25,29)(H,26,27). The van der Waals surface area contributed by atoms with E-state index in [2.05, 4.69) is 32.8 Å². The van der Waals surface area contributed by atoms with E-state index in [4.69, 9.17) is 4.74 Å². The van der Waals surface area contributed by atoms with Gasteiger partial charge in [-0.3, -0.25) is 9.89 Å². The maximum absolute atomic E-state index is 12.5. The molecule has 2 aromatic rings. The minimum Gasteiger partial charge on any atom is -0.492 e. The van der Waals surface area contributed by atoms with Gasteiger partial charge in [-0.2, -0.15) is 5.10 Å². The van der Waals surface area contributed by atoms with Gasteiger partial charge in [-0.05, 0) is 51.9 Å². The molecule has 1 aliphatic carbocycles. The third kappa shape index (κ3) is 6.57. The molecule has 0 bridgehead atoms. The SMILES string of the molecule is CNCCN(C)Cc1cn[nH]c1C1CCC(C(=O)NCCOc2ccccc2)CC1. The summed E-state index contributed by atoms with van der Waals surface area (Å²) in [5.41, 5.74) is 2.53. The Morgan fingerprint density at radius 1 is 1.20 bits per heavy atom. The fraction of sp³-hybridized carbons (Fsp3) is 0.565. The lowest BCUT2D eigenvalue weighted by molar-refractivity contribution is -0.126. The number of para-hydroxylation sites is 1. The Morgan fingerprint density at radius 3 is 2.70 bits per heavy atom. The third-order valence-electron chi connectivity index (χ3n) is 5.85. The lowest BCUT2D eigenvalue weighted by atomic mass is 9.79. The molecule has 0 aliphatic heterocycles. The van der Waals surface area contributed by atoms with Gasteiger partial charge in [0.1, 0.15) is 12.4 Å². The summed E-state index contributed by atoms with van der Waals surface area (Å²) >= 11 is 0. The average Bonchev–Trinajstić information content (AvgIpc) is 3.24. The molecule has 1 aromatic heterocycles. The van der Waals surface area contributed by atoms with Crippen LogP contribution in [0.1, 0.15) is 42.9 Å². The van der Waals surface area contributed by atoms with E-state index in [1.54, 1.807) is 0 Å². The number of aromatic amines is 1. The van der Waals surface area contributed by atoms with E-state index in [0.29, 0.717) is 19.1 Å². The molecule has 3 rings (SSSR count). The van der Waals surface area contributed by atoms with E-state index in [0.717, 1.165) is 51.1 Å². The highest BCUT2D eigenvalue weighted by Crippen LogP contribution is 2.36.